The van der Waals surface area contributed by atoms with E-state index in [0.717, 1.165) is 5.75 Å². The van der Waals surface area contributed by atoms with E-state index in [-0.39, 0.29) is 18.1 Å². The van der Waals surface area contributed by atoms with Gasteiger partial charge in [0.1, 0.15) is 23.8 Å². The third-order valence-electron chi connectivity index (χ3n) is 4.60. The number of carbonyl (C=O) groups excluding carboxylic acids is 1. The number of amides is 1. The van der Waals surface area contributed by atoms with Crippen molar-refractivity contribution < 1.29 is 14.3 Å². The minimum atomic E-state index is -0.233. The number of halogens is 1. The molecule has 1 amide bonds. The predicted octanol–water partition coefficient (Wildman–Crippen LogP) is 4.58. The van der Waals surface area contributed by atoms with Crippen molar-refractivity contribution in [3.8, 4) is 11.5 Å². The molecule has 0 aliphatic carbocycles. The Kier molecular flexibility index (Phi) is 6.37. The molecule has 4 rings (SSSR count). The Balaban J connectivity index is 1.37. The van der Waals surface area contributed by atoms with Crippen molar-refractivity contribution in [3.05, 3.63) is 99.6 Å². The molecule has 7 nitrogen and oxygen atoms in total. The Morgan fingerprint density at radius 2 is 1.69 bits per heavy atom. The molecule has 2 aromatic heterocycles. The van der Waals surface area contributed by atoms with Gasteiger partial charge in [0.15, 0.2) is 0 Å². The first-order chi connectivity index (χ1) is 15.5. The van der Waals surface area contributed by atoms with Gasteiger partial charge in [-0.2, -0.15) is 0 Å². The molecule has 1 N–H and O–H groups in total. The second kappa shape index (κ2) is 9.53. The van der Waals surface area contributed by atoms with Crippen LogP contribution in [0.4, 0.5) is 5.69 Å². The van der Waals surface area contributed by atoms with E-state index in [2.05, 4.69) is 10.3 Å². The summed E-state index contributed by atoms with van der Waals surface area (Å²) < 4.78 is 12.5. The largest absolute Gasteiger partial charge is 0.494 e. The van der Waals surface area contributed by atoms with Crippen molar-refractivity contribution in [1.82, 2.24) is 9.38 Å². The van der Waals surface area contributed by atoms with Crippen molar-refractivity contribution >= 4 is 28.8 Å². The summed E-state index contributed by atoms with van der Waals surface area (Å²) in [6.45, 7) is 2.61. The van der Waals surface area contributed by atoms with Gasteiger partial charge in [-0.1, -0.05) is 11.6 Å². The SMILES string of the molecule is CCOc1ccc(C(=O)Nc2ccc(OCc3cc(=O)n4cc(Cl)ccc4n3)cc2)cc1. The maximum absolute atomic E-state index is 12.4. The highest BCUT2D eigenvalue weighted by Gasteiger charge is 2.08. The van der Waals surface area contributed by atoms with E-state index in [1.807, 2.05) is 6.92 Å². The van der Waals surface area contributed by atoms with E-state index in [4.69, 9.17) is 21.1 Å². The Labute approximate surface area is 189 Å². The molecular formula is C24H20ClN3O4. The fourth-order valence-corrected chi connectivity index (χ4v) is 3.22. The van der Waals surface area contributed by atoms with E-state index in [1.165, 1.54) is 16.7 Å². The number of carbonyl (C=O) groups is 1. The Morgan fingerprint density at radius 3 is 2.41 bits per heavy atom. The molecule has 0 aliphatic rings. The highest BCUT2D eigenvalue weighted by Crippen LogP contribution is 2.19. The zero-order valence-corrected chi connectivity index (χ0v) is 18.0. The zero-order chi connectivity index (χ0) is 22.5. The molecule has 0 bridgehead atoms. The number of ether oxygens (including phenoxy) is 2. The standard InChI is InChI=1S/C24H20ClN3O4/c1-2-31-20-8-3-16(4-9-20)24(30)27-18-6-10-21(11-7-18)32-15-19-13-23(29)28-14-17(25)5-12-22(28)26-19/h3-14H,2,15H2,1H3,(H,27,30). The van der Waals surface area contributed by atoms with Gasteiger partial charge in [-0.05, 0) is 67.6 Å². The van der Waals surface area contributed by atoms with Gasteiger partial charge in [0.05, 0.1) is 17.3 Å². The minimum absolute atomic E-state index is 0.131. The number of nitrogens with zero attached hydrogens (tertiary/aromatic N) is 2. The van der Waals surface area contributed by atoms with Gasteiger partial charge < -0.3 is 14.8 Å². The number of hydrogen-bond acceptors (Lipinski definition) is 5. The van der Waals surface area contributed by atoms with Crippen LogP contribution in [0.2, 0.25) is 5.02 Å². The summed E-state index contributed by atoms with van der Waals surface area (Å²) in [5, 5.41) is 3.30. The summed E-state index contributed by atoms with van der Waals surface area (Å²) in [4.78, 5) is 29.1. The lowest BCUT2D eigenvalue weighted by molar-refractivity contribution is 0.102. The monoisotopic (exact) mass is 449 g/mol. The molecule has 0 radical (unpaired) electrons. The molecule has 4 aromatic rings. The lowest BCUT2D eigenvalue weighted by Gasteiger charge is -2.09. The van der Waals surface area contributed by atoms with Gasteiger partial charge in [0.2, 0.25) is 0 Å². The molecule has 0 saturated carbocycles. The van der Waals surface area contributed by atoms with Gasteiger partial charge in [-0.25, -0.2) is 4.98 Å². The van der Waals surface area contributed by atoms with Crippen LogP contribution in [0.15, 0.2) is 77.7 Å². The summed E-state index contributed by atoms with van der Waals surface area (Å²) in [7, 11) is 0. The van der Waals surface area contributed by atoms with Gasteiger partial charge in [-0.15, -0.1) is 0 Å². The van der Waals surface area contributed by atoms with Crippen LogP contribution in [0.3, 0.4) is 0 Å². The first kappa shape index (κ1) is 21.4. The number of nitrogens with one attached hydrogen (secondary N) is 1. The zero-order valence-electron chi connectivity index (χ0n) is 17.2. The number of pyridine rings is 1. The summed E-state index contributed by atoms with van der Waals surface area (Å²) in [6.07, 6.45) is 1.53. The van der Waals surface area contributed by atoms with E-state index >= 15 is 0 Å². The molecule has 0 saturated heterocycles. The van der Waals surface area contributed by atoms with E-state index in [1.54, 1.807) is 60.7 Å². The number of hydrogen-bond donors (Lipinski definition) is 1. The smallest absolute Gasteiger partial charge is 0.258 e. The van der Waals surface area contributed by atoms with Crippen LogP contribution < -0.4 is 20.3 Å². The van der Waals surface area contributed by atoms with Crippen LogP contribution in [-0.2, 0) is 6.61 Å². The van der Waals surface area contributed by atoms with E-state index < -0.39 is 0 Å². The van der Waals surface area contributed by atoms with Crippen molar-refractivity contribution in [2.45, 2.75) is 13.5 Å². The summed E-state index contributed by atoms with van der Waals surface area (Å²) in [5.41, 5.74) is 1.93. The molecule has 0 fully saturated rings. The van der Waals surface area contributed by atoms with Crippen molar-refractivity contribution in [1.29, 1.82) is 0 Å². The molecule has 0 aliphatic heterocycles. The van der Waals surface area contributed by atoms with Crippen molar-refractivity contribution in [3.63, 3.8) is 0 Å². The molecule has 8 heteroatoms. The third-order valence-corrected chi connectivity index (χ3v) is 4.83. The molecule has 32 heavy (non-hydrogen) atoms. The van der Waals surface area contributed by atoms with Crippen LogP contribution in [0.5, 0.6) is 11.5 Å². The Bertz CT molecular complexity index is 1300. The summed E-state index contributed by atoms with van der Waals surface area (Å²) in [6, 6.07) is 18.7. The number of anilines is 1. The third kappa shape index (κ3) is 5.07. The van der Waals surface area contributed by atoms with Crippen LogP contribution >= 0.6 is 11.6 Å². The highest BCUT2D eigenvalue weighted by molar-refractivity contribution is 6.30. The van der Waals surface area contributed by atoms with Crippen molar-refractivity contribution in [2.24, 2.45) is 0 Å². The Hall–Kier alpha value is -3.84. The highest BCUT2D eigenvalue weighted by atomic mass is 35.5. The maximum Gasteiger partial charge on any atom is 0.258 e. The number of aromatic nitrogens is 2. The molecule has 162 valence electrons. The second-order valence-electron chi connectivity index (χ2n) is 6.89. The molecule has 0 atom stereocenters. The fraction of sp³-hybridized carbons (Fsp3) is 0.125. The lowest BCUT2D eigenvalue weighted by atomic mass is 10.2. The van der Waals surface area contributed by atoms with Gasteiger partial charge >= 0.3 is 0 Å². The molecule has 0 unspecified atom stereocenters. The summed E-state index contributed by atoms with van der Waals surface area (Å²) in [5.74, 6) is 1.09. The van der Waals surface area contributed by atoms with E-state index in [9.17, 15) is 9.59 Å². The van der Waals surface area contributed by atoms with Crippen LogP contribution in [0.25, 0.3) is 5.65 Å². The van der Waals surface area contributed by atoms with Crippen LogP contribution in [-0.4, -0.2) is 21.9 Å². The van der Waals surface area contributed by atoms with E-state index in [0.29, 0.717) is 40.0 Å². The molecule has 2 aromatic carbocycles. The molecule has 2 heterocycles. The second-order valence-corrected chi connectivity index (χ2v) is 7.32. The lowest BCUT2D eigenvalue weighted by Crippen LogP contribution is -2.16. The minimum Gasteiger partial charge on any atom is -0.494 e. The van der Waals surface area contributed by atoms with Crippen LogP contribution in [0, 0.1) is 0 Å². The fourth-order valence-electron chi connectivity index (χ4n) is 3.06. The number of fused-ring (bicyclic) bond motifs is 1. The maximum atomic E-state index is 12.4. The van der Waals surface area contributed by atoms with Gasteiger partial charge in [0, 0.05) is 23.5 Å². The quantitative estimate of drug-likeness (QED) is 0.446. The topological polar surface area (TPSA) is 81.9 Å². The van der Waals surface area contributed by atoms with Gasteiger partial charge in [-0.3, -0.25) is 14.0 Å². The van der Waals surface area contributed by atoms with Crippen LogP contribution in [0.1, 0.15) is 23.0 Å². The Morgan fingerprint density at radius 1 is 1.00 bits per heavy atom. The number of rotatable bonds is 7. The normalized spacial score (nSPS) is 10.7. The first-order valence-electron chi connectivity index (χ1n) is 9.97. The average molecular weight is 450 g/mol. The first-order valence-corrected chi connectivity index (χ1v) is 10.3. The predicted molar refractivity (Wildman–Crippen MR) is 123 cm³/mol. The molecule has 0 spiro atoms. The number of benzene rings is 2. The van der Waals surface area contributed by atoms with Crippen molar-refractivity contribution in [2.75, 3.05) is 11.9 Å². The molecular weight excluding hydrogens is 430 g/mol. The van der Waals surface area contributed by atoms with Gasteiger partial charge in [0.25, 0.3) is 11.5 Å². The average Bonchev–Trinajstić information content (AvgIpc) is 2.80. The summed E-state index contributed by atoms with van der Waals surface area (Å²) >= 11 is 5.92.